The number of nitrogens with zero attached hydrogens (tertiary/aromatic N) is 4. The van der Waals surface area contributed by atoms with Crippen molar-refractivity contribution in [3.63, 3.8) is 0 Å². The van der Waals surface area contributed by atoms with E-state index in [1.807, 2.05) is 25.5 Å². The van der Waals surface area contributed by atoms with Gasteiger partial charge in [0.25, 0.3) is 0 Å². The fraction of sp³-hybridized carbons (Fsp3) is 0.571. The first-order valence-electron chi connectivity index (χ1n) is 10.1. The lowest BCUT2D eigenvalue weighted by Crippen LogP contribution is -2.42. The van der Waals surface area contributed by atoms with E-state index in [1.165, 1.54) is 18.4 Å². The molecule has 0 saturated heterocycles. The maximum atomic E-state index is 5.42. The lowest BCUT2D eigenvalue weighted by Gasteiger charge is -2.19. The largest absolute Gasteiger partial charge is 0.382 e. The molecule has 1 aliphatic rings. The van der Waals surface area contributed by atoms with Gasteiger partial charge in [0.05, 0.1) is 0 Å². The number of ether oxygens (including phenoxy) is 1. The zero-order chi connectivity index (χ0) is 19.8. The van der Waals surface area contributed by atoms with E-state index in [1.54, 1.807) is 0 Å². The van der Waals surface area contributed by atoms with Gasteiger partial charge in [0.2, 0.25) is 0 Å². The molecule has 0 bridgehead atoms. The number of hydrogen-bond acceptors (Lipinski definition) is 4. The molecule has 1 fully saturated rings. The molecule has 1 saturated carbocycles. The maximum absolute atomic E-state index is 5.42. The molecule has 0 aliphatic heterocycles. The standard InChI is InChI=1S/C21H32N6O.HI/c1-4-28-14-8-13-22-20(23-15-19-26-25-17(2)27(19)3)24-16-21(11-12-21)18-9-6-5-7-10-18;/h5-7,9-10H,4,8,11-16H2,1-3H3,(H2,22,23,24);1H. The summed E-state index contributed by atoms with van der Waals surface area (Å²) in [7, 11) is 1.97. The Morgan fingerprint density at radius 2 is 1.97 bits per heavy atom. The van der Waals surface area contributed by atoms with Crippen LogP contribution in [0.5, 0.6) is 0 Å². The molecule has 3 rings (SSSR count). The third kappa shape index (κ3) is 6.67. The third-order valence-electron chi connectivity index (χ3n) is 5.36. The number of benzene rings is 1. The van der Waals surface area contributed by atoms with Gasteiger partial charge >= 0.3 is 0 Å². The topological polar surface area (TPSA) is 76.4 Å². The summed E-state index contributed by atoms with van der Waals surface area (Å²) in [6, 6.07) is 10.8. The average Bonchev–Trinajstić information content (AvgIpc) is 3.45. The van der Waals surface area contributed by atoms with Crippen molar-refractivity contribution in [1.82, 2.24) is 25.4 Å². The van der Waals surface area contributed by atoms with Crippen LogP contribution in [0.1, 0.15) is 43.4 Å². The number of halogens is 1. The molecular formula is C21H33IN6O. The van der Waals surface area contributed by atoms with E-state index < -0.39 is 0 Å². The molecule has 0 radical (unpaired) electrons. The number of guanidine groups is 1. The fourth-order valence-corrected chi connectivity index (χ4v) is 3.20. The molecular weight excluding hydrogens is 479 g/mol. The van der Waals surface area contributed by atoms with Gasteiger partial charge < -0.3 is 19.9 Å². The summed E-state index contributed by atoms with van der Waals surface area (Å²) in [6.45, 7) is 7.67. The highest BCUT2D eigenvalue weighted by Gasteiger charge is 2.44. The van der Waals surface area contributed by atoms with Crippen LogP contribution in [0.25, 0.3) is 0 Å². The van der Waals surface area contributed by atoms with Gasteiger partial charge in [-0.15, -0.1) is 34.2 Å². The summed E-state index contributed by atoms with van der Waals surface area (Å²) in [5, 5.41) is 15.3. The Kier molecular flexibility index (Phi) is 9.35. The van der Waals surface area contributed by atoms with E-state index in [0.717, 1.165) is 50.3 Å². The van der Waals surface area contributed by atoms with Crippen LogP contribution in [0.15, 0.2) is 35.3 Å². The van der Waals surface area contributed by atoms with Gasteiger partial charge in [-0.1, -0.05) is 30.3 Å². The summed E-state index contributed by atoms with van der Waals surface area (Å²) >= 11 is 0. The number of hydrogen-bond donors (Lipinski definition) is 2. The molecule has 1 aromatic carbocycles. The molecule has 0 spiro atoms. The second kappa shape index (κ2) is 11.5. The van der Waals surface area contributed by atoms with Crippen molar-refractivity contribution in [1.29, 1.82) is 0 Å². The molecule has 2 N–H and O–H groups in total. The molecule has 1 aromatic heterocycles. The molecule has 29 heavy (non-hydrogen) atoms. The summed E-state index contributed by atoms with van der Waals surface area (Å²) < 4.78 is 7.40. The maximum Gasteiger partial charge on any atom is 0.191 e. The first kappa shape index (κ1) is 23.6. The van der Waals surface area contributed by atoms with Gasteiger partial charge in [0.15, 0.2) is 11.8 Å². The smallest absolute Gasteiger partial charge is 0.191 e. The zero-order valence-electron chi connectivity index (χ0n) is 17.6. The van der Waals surface area contributed by atoms with Crippen LogP contribution < -0.4 is 10.6 Å². The monoisotopic (exact) mass is 512 g/mol. The lowest BCUT2D eigenvalue weighted by atomic mass is 9.96. The predicted molar refractivity (Wildman–Crippen MR) is 127 cm³/mol. The van der Waals surface area contributed by atoms with Crippen LogP contribution >= 0.6 is 24.0 Å². The summed E-state index contributed by atoms with van der Waals surface area (Å²) in [6.07, 6.45) is 3.37. The van der Waals surface area contributed by atoms with E-state index >= 15 is 0 Å². The minimum absolute atomic E-state index is 0. The molecule has 0 amide bonds. The van der Waals surface area contributed by atoms with Crippen molar-refractivity contribution in [2.45, 2.75) is 45.1 Å². The predicted octanol–water partition coefficient (Wildman–Crippen LogP) is 2.94. The first-order chi connectivity index (χ1) is 13.6. The Balaban J connectivity index is 0.00000300. The summed E-state index contributed by atoms with van der Waals surface area (Å²) in [5.41, 5.74) is 1.64. The zero-order valence-corrected chi connectivity index (χ0v) is 20.0. The van der Waals surface area contributed by atoms with Crippen molar-refractivity contribution in [3.05, 3.63) is 47.5 Å². The Hall–Kier alpha value is -1.68. The molecule has 1 aliphatic carbocycles. The minimum Gasteiger partial charge on any atom is -0.382 e. The number of nitrogens with one attached hydrogen (secondary N) is 2. The van der Waals surface area contributed by atoms with Gasteiger partial charge in [-0.3, -0.25) is 0 Å². The van der Waals surface area contributed by atoms with Crippen LogP contribution in [0.2, 0.25) is 0 Å². The highest BCUT2D eigenvalue weighted by Crippen LogP contribution is 2.47. The van der Waals surface area contributed by atoms with Gasteiger partial charge in [0.1, 0.15) is 12.4 Å². The molecule has 2 aromatic rings. The van der Waals surface area contributed by atoms with Crippen LogP contribution in [0, 0.1) is 6.92 Å². The lowest BCUT2D eigenvalue weighted by molar-refractivity contribution is 0.145. The normalized spacial score (nSPS) is 14.9. The van der Waals surface area contributed by atoms with E-state index in [-0.39, 0.29) is 29.4 Å². The molecule has 7 nitrogen and oxygen atoms in total. The van der Waals surface area contributed by atoms with E-state index in [4.69, 9.17) is 9.73 Å². The Morgan fingerprint density at radius 1 is 1.21 bits per heavy atom. The molecule has 0 atom stereocenters. The number of aliphatic imine (C=N–C) groups is 1. The van der Waals surface area contributed by atoms with Gasteiger partial charge in [-0.05, 0) is 38.7 Å². The molecule has 0 unspecified atom stereocenters. The fourth-order valence-electron chi connectivity index (χ4n) is 3.20. The van der Waals surface area contributed by atoms with Crippen LogP contribution in [-0.2, 0) is 23.7 Å². The second-order valence-electron chi connectivity index (χ2n) is 7.36. The van der Waals surface area contributed by atoms with Crippen molar-refractivity contribution >= 4 is 29.9 Å². The Bertz CT molecular complexity index is 773. The van der Waals surface area contributed by atoms with Crippen molar-refractivity contribution in [2.24, 2.45) is 12.0 Å². The van der Waals surface area contributed by atoms with Gasteiger partial charge in [-0.25, -0.2) is 4.99 Å². The van der Waals surface area contributed by atoms with Crippen LogP contribution in [-0.4, -0.2) is 47.0 Å². The van der Waals surface area contributed by atoms with E-state index in [2.05, 4.69) is 51.2 Å². The number of aromatic nitrogens is 3. The Morgan fingerprint density at radius 3 is 2.59 bits per heavy atom. The minimum atomic E-state index is 0. The second-order valence-corrected chi connectivity index (χ2v) is 7.36. The van der Waals surface area contributed by atoms with E-state index in [9.17, 15) is 0 Å². The SMILES string of the molecule is CCOCCCNC(=NCc1nnc(C)n1C)NCC1(c2ccccc2)CC1.I. The quantitative estimate of drug-likeness (QED) is 0.222. The highest BCUT2D eigenvalue weighted by atomic mass is 127. The molecule has 8 heteroatoms. The number of aryl methyl sites for hydroxylation is 1. The van der Waals surface area contributed by atoms with Crippen molar-refractivity contribution < 1.29 is 4.74 Å². The average molecular weight is 512 g/mol. The highest BCUT2D eigenvalue weighted by molar-refractivity contribution is 14.0. The summed E-state index contributed by atoms with van der Waals surface area (Å²) in [4.78, 5) is 4.74. The van der Waals surface area contributed by atoms with Crippen molar-refractivity contribution in [3.8, 4) is 0 Å². The first-order valence-corrected chi connectivity index (χ1v) is 10.1. The van der Waals surface area contributed by atoms with Crippen molar-refractivity contribution in [2.75, 3.05) is 26.3 Å². The number of rotatable bonds is 10. The van der Waals surface area contributed by atoms with Gasteiger partial charge in [0, 0.05) is 38.8 Å². The van der Waals surface area contributed by atoms with Crippen LogP contribution in [0.3, 0.4) is 0 Å². The van der Waals surface area contributed by atoms with E-state index in [0.29, 0.717) is 6.54 Å². The molecule has 160 valence electrons. The third-order valence-corrected chi connectivity index (χ3v) is 5.36. The summed E-state index contributed by atoms with van der Waals surface area (Å²) in [5.74, 6) is 2.57. The van der Waals surface area contributed by atoms with Crippen LogP contribution in [0.4, 0.5) is 0 Å². The Labute approximate surface area is 190 Å². The van der Waals surface area contributed by atoms with Gasteiger partial charge in [-0.2, -0.15) is 0 Å². The molecule has 1 heterocycles.